The maximum absolute atomic E-state index is 12.2. The molecule has 0 spiro atoms. The summed E-state index contributed by atoms with van der Waals surface area (Å²) < 4.78 is 59.4. The fraction of sp³-hybridized carbons (Fsp3) is 0.909. The van der Waals surface area contributed by atoms with Gasteiger partial charge in [0.25, 0.3) is 0 Å². The molecular weight excluding hydrogens is 706 g/mol. The van der Waals surface area contributed by atoms with Crippen LogP contribution in [0.2, 0.25) is 0 Å². The molecule has 0 radical (unpaired) electrons. The van der Waals surface area contributed by atoms with Gasteiger partial charge < -0.3 is 89.9 Å². The van der Waals surface area contributed by atoms with Crippen LogP contribution >= 0.6 is 15.6 Å². The Labute approximate surface area is 270 Å². The molecule has 13 N–H and O–H groups in total. The molecule has 0 aromatic heterocycles. The largest absolute Gasteiger partial charge is 0.483 e. The van der Waals surface area contributed by atoms with Gasteiger partial charge in [-0.2, -0.15) is 4.31 Å². The third-order valence-corrected chi connectivity index (χ3v) is 9.47. The zero-order valence-electron chi connectivity index (χ0n) is 25.1. The first-order valence-corrected chi connectivity index (χ1v) is 17.1. The molecule has 3 aliphatic heterocycles. The smallest absolute Gasteiger partial charge is 0.394 e. The van der Waals surface area contributed by atoms with Gasteiger partial charge in [-0.15, -0.1) is 0 Å². The van der Waals surface area contributed by atoms with E-state index in [0.29, 0.717) is 0 Å². The van der Waals surface area contributed by atoms with E-state index >= 15 is 0 Å². The molecule has 280 valence electrons. The Kier molecular flexibility index (Phi) is 14.4. The summed E-state index contributed by atoms with van der Waals surface area (Å²) in [4.78, 5) is 51.6. The van der Waals surface area contributed by atoms with Gasteiger partial charge in [0.05, 0.1) is 19.8 Å². The van der Waals surface area contributed by atoms with Crippen molar-refractivity contribution in [1.82, 2.24) is 10.6 Å². The maximum atomic E-state index is 12.2. The number of hydrogen-bond acceptors (Lipinski definition) is 19. The van der Waals surface area contributed by atoms with Gasteiger partial charge >= 0.3 is 15.6 Å². The minimum absolute atomic E-state index is 0.794. The van der Waals surface area contributed by atoms with Crippen molar-refractivity contribution in [2.75, 3.05) is 19.8 Å². The fourth-order valence-electron chi connectivity index (χ4n) is 5.23. The molecule has 3 aliphatic rings. The number of phosphoric ester groups is 1. The lowest BCUT2D eigenvalue weighted by molar-refractivity contribution is -0.360. The minimum atomic E-state index is -5.66. The summed E-state index contributed by atoms with van der Waals surface area (Å²) in [5.41, 5.74) is 0. The van der Waals surface area contributed by atoms with Gasteiger partial charge in [0.1, 0.15) is 73.1 Å². The molecule has 26 heteroatoms. The third kappa shape index (κ3) is 10.1. The standard InChI is InChI=1S/C22H40N2O22P2/c1-6(28)23-11-14(31)19(44-22-17(34)16(33)13(30)8(3-25)40-22)9(4-26)41-20(11)43-18-10(5-27)42-21(12(15(18)32)24-7(2)29)45-48(38,39)46-47(35,36)37/h8-22,25-27,30-34H,3-5H2,1-2H3,(H,23,28)(H,24,29)(H,38,39)(H2,35,36,37)/t8-,9-,10-,11-,12-,13-,14-,15-,16+,17+,18-,19-,20+,21+,22+/m1/s1. The van der Waals surface area contributed by atoms with E-state index in [9.17, 15) is 64.5 Å². The first-order chi connectivity index (χ1) is 22.2. The van der Waals surface area contributed by atoms with Gasteiger partial charge in [0, 0.05) is 13.8 Å². The van der Waals surface area contributed by atoms with E-state index < -0.39 is 139 Å². The highest BCUT2D eigenvalue weighted by Crippen LogP contribution is 2.58. The second kappa shape index (κ2) is 16.8. The number of ether oxygens (including phenoxy) is 5. The molecule has 24 nitrogen and oxygen atoms in total. The molecule has 1 unspecified atom stereocenters. The maximum Gasteiger partial charge on any atom is 0.483 e. The van der Waals surface area contributed by atoms with Crippen LogP contribution in [0.5, 0.6) is 0 Å². The molecule has 0 aromatic rings. The molecule has 2 amide bonds. The Morgan fingerprint density at radius 2 is 1.04 bits per heavy atom. The lowest BCUT2D eigenvalue weighted by Crippen LogP contribution is -2.70. The number of aliphatic hydroxyl groups excluding tert-OH is 8. The molecule has 48 heavy (non-hydrogen) atoms. The van der Waals surface area contributed by atoms with Gasteiger partial charge in [0.2, 0.25) is 11.8 Å². The van der Waals surface area contributed by atoms with Crippen molar-refractivity contribution >= 4 is 27.5 Å². The highest BCUT2D eigenvalue weighted by atomic mass is 31.3. The van der Waals surface area contributed by atoms with Gasteiger partial charge in [-0.3, -0.25) is 14.1 Å². The number of nitrogens with one attached hydrogen (secondary N) is 2. The quantitative estimate of drug-likeness (QED) is 0.0779. The summed E-state index contributed by atoms with van der Waals surface area (Å²) in [6, 6.07) is -3.53. The van der Waals surface area contributed by atoms with Crippen molar-refractivity contribution in [2.45, 2.75) is 106 Å². The molecule has 0 saturated carbocycles. The average molecular weight is 747 g/mol. The van der Waals surface area contributed by atoms with Crippen molar-refractivity contribution in [1.29, 1.82) is 0 Å². The Hall–Kier alpha value is -1.32. The van der Waals surface area contributed by atoms with E-state index in [1.54, 1.807) is 0 Å². The summed E-state index contributed by atoms with van der Waals surface area (Å²) in [5, 5.41) is 87.0. The number of carbonyl (C=O) groups excluding carboxylic acids is 2. The van der Waals surface area contributed by atoms with Crippen LogP contribution in [0.15, 0.2) is 0 Å². The molecule has 3 fully saturated rings. The second-order valence-corrected chi connectivity index (χ2v) is 13.7. The number of hydrogen-bond donors (Lipinski definition) is 13. The molecule has 0 aliphatic carbocycles. The zero-order chi connectivity index (χ0) is 36.3. The van der Waals surface area contributed by atoms with Crippen LogP contribution in [-0.4, -0.2) is 179 Å². The molecule has 3 rings (SSSR count). The Morgan fingerprint density at radius 3 is 1.48 bits per heavy atom. The monoisotopic (exact) mass is 746 g/mol. The summed E-state index contributed by atoms with van der Waals surface area (Å²) in [7, 11) is -11.3. The van der Waals surface area contributed by atoms with E-state index in [0.717, 1.165) is 13.8 Å². The molecule has 16 atom stereocenters. The van der Waals surface area contributed by atoms with Crippen molar-refractivity contribution < 1.29 is 107 Å². The third-order valence-electron chi connectivity index (χ3n) is 7.32. The van der Waals surface area contributed by atoms with E-state index in [4.69, 9.17) is 33.5 Å². The van der Waals surface area contributed by atoms with Gasteiger partial charge in [0.15, 0.2) is 18.9 Å². The van der Waals surface area contributed by atoms with Gasteiger partial charge in [-0.05, 0) is 0 Å². The molecule has 3 saturated heterocycles. The minimum Gasteiger partial charge on any atom is -0.394 e. The van der Waals surface area contributed by atoms with Gasteiger partial charge in [-0.1, -0.05) is 0 Å². The fourth-order valence-corrected chi connectivity index (χ4v) is 6.90. The number of carbonyl (C=O) groups is 2. The van der Waals surface area contributed by atoms with Crippen LogP contribution in [-0.2, 0) is 51.2 Å². The summed E-state index contributed by atoms with van der Waals surface area (Å²) in [6.07, 6.45) is -23.7. The van der Waals surface area contributed by atoms with E-state index in [1.165, 1.54) is 0 Å². The average Bonchev–Trinajstić information content (AvgIpc) is 2.97. The lowest BCUT2D eigenvalue weighted by Gasteiger charge is -2.49. The van der Waals surface area contributed by atoms with Crippen LogP contribution < -0.4 is 10.6 Å². The topological polar surface area (TPSA) is 379 Å². The van der Waals surface area contributed by atoms with E-state index in [2.05, 4.69) is 19.5 Å². The van der Waals surface area contributed by atoms with Crippen molar-refractivity contribution in [3.8, 4) is 0 Å². The Morgan fingerprint density at radius 1 is 0.625 bits per heavy atom. The van der Waals surface area contributed by atoms with Crippen LogP contribution in [0.4, 0.5) is 0 Å². The van der Waals surface area contributed by atoms with Crippen LogP contribution in [0.1, 0.15) is 13.8 Å². The second-order valence-electron chi connectivity index (χ2n) is 10.9. The highest BCUT2D eigenvalue weighted by Gasteiger charge is 2.55. The van der Waals surface area contributed by atoms with Crippen molar-refractivity contribution in [2.24, 2.45) is 0 Å². The number of phosphoric acid groups is 2. The highest BCUT2D eigenvalue weighted by molar-refractivity contribution is 7.60. The summed E-state index contributed by atoms with van der Waals surface area (Å²) in [5.74, 6) is -1.69. The number of rotatable bonds is 13. The summed E-state index contributed by atoms with van der Waals surface area (Å²) >= 11 is 0. The molecule has 3 heterocycles. The number of aliphatic hydroxyl groups is 8. The first-order valence-electron chi connectivity index (χ1n) is 14.1. The van der Waals surface area contributed by atoms with Crippen LogP contribution in [0.25, 0.3) is 0 Å². The molecule has 0 bridgehead atoms. The van der Waals surface area contributed by atoms with E-state index in [-0.39, 0.29) is 0 Å². The Bertz CT molecular complexity index is 1190. The number of amides is 2. The molecular formula is C22H40N2O22P2. The Balaban J connectivity index is 1.89. The summed E-state index contributed by atoms with van der Waals surface area (Å²) in [6.45, 7) is -0.869. The van der Waals surface area contributed by atoms with Gasteiger partial charge in [-0.25, -0.2) is 9.13 Å². The predicted molar refractivity (Wildman–Crippen MR) is 146 cm³/mol. The predicted octanol–water partition coefficient (Wildman–Crippen LogP) is -7.05. The van der Waals surface area contributed by atoms with Crippen LogP contribution in [0, 0.1) is 0 Å². The SMILES string of the molecule is CC(=O)N[C@H]1[C@H](O[C@H]2[C@H](O)[C@@H](NC(C)=O)[C@H](OP(=O)(O)OP(=O)(O)O)O[C@@H]2CO)O[C@H](CO)[C@@H](O[C@@H]2O[C@H](CO)[C@@H](O)[C@H](O)[C@@H]2O)[C@@H]1O. The van der Waals surface area contributed by atoms with E-state index in [1.807, 2.05) is 0 Å². The van der Waals surface area contributed by atoms with Crippen LogP contribution in [0.3, 0.4) is 0 Å². The molecule has 0 aromatic carbocycles. The lowest BCUT2D eigenvalue weighted by atomic mass is 9.94. The van der Waals surface area contributed by atoms with Crippen molar-refractivity contribution in [3.63, 3.8) is 0 Å². The first kappa shape index (κ1) is 41.1. The zero-order valence-corrected chi connectivity index (χ0v) is 26.9. The van der Waals surface area contributed by atoms with Crippen molar-refractivity contribution in [3.05, 3.63) is 0 Å². The normalized spacial score (nSPS) is 42.1.